The van der Waals surface area contributed by atoms with Crippen LogP contribution in [0.25, 0.3) is 0 Å². The van der Waals surface area contributed by atoms with Crippen molar-refractivity contribution < 1.29 is 4.79 Å². The predicted octanol–water partition coefficient (Wildman–Crippen LogP) is 0.604. The molecule has 15 heavy (non-hydrogen) atoms. The fourth-order valence-corrected chi connectivity index (χ4v) is 1.84. The van der Waals surface area contributed by atoms with Gasteiger partial charge in [0, 0.05) is 20.0 Å². The minimum Gasteiger partial charge on any atom is -0.344 e. The molecule has 1 heterocycles. The highest BCUT2D eigenvalue weighted by molar-refractivity contribution is 5.76. The quantitative estimate of drug-likeness (QED) is 0.738. The van der Waals surface area contributed by atoms with E-state index in [9.17, 15) is 4.79 Å². The van der Waals surface area contributed by atoms with Crippen LogP contribution in [0.1, 0.15) is 19.8 Å². The molecule has 1 saturated heterocycles. The van der Waals surface area contributed by atoms with Gasteiger partial charge in [0.2, 0.25) is 5.91 Å². The molecule has 0 bridgehead atoms. The van der Waals surface area contributed by atoms with Gasteiger partial charge in [-0.15, -0.1) is 0 Å². The van der Waals surface area contributed by atoms with E-state index in [2.05, 4.69) is 11.4 Å². The van der Waals surface area contributed by atoms with Crippen molar-refractivity contribution in [2.24, 2.45) is 11.8 Å². The SMILES string of the molecule is CC(C#N)CN(C)C(=O)CC1CCNC1. The molecule has 0 aliphatic carbocycles. The van der Waals surface area contributed by atoms with Crippen molar-refractivity contribution in [1.82, 2.24) is 10.2 Å². The van der Waals surface area contributed by atoms with Crippen molar-refractivity contribution in [2.75, 3.05) is 26.7 Å². The smallest absolute Gasteiger partial charge is 0.222 e. The van der Waals surface area contributed by atoms with E-state index in [1.54, 1.807) is 11.9 Å². The third kappa shape index (κ3) is 3.88. The van der Waals surface area contributed by atoms with Gasteiger partial charge < -0.3 is 10.2 Å². The zero-order valence-electron chi connectivity index (χ0n) is 9.49. The highest BCUT2D eigenvalue weighted by Gasteiger charge is 2.20. The molecule has 1 amide bonds. The molecule has 0 aromatic rings. The zero-order chi connectivity index (χ0) is 11.3. The summed E-state index contributed by atoms with van der Waals surface area (Å²) < 4.78 is 0. The lowest BCUT2D eigenvalue weighted by molar-refractivity contribution is -0.131. The van der Waals surface area contributed by atoms with Gasteiger partial charge in [-0.25, -0.2) is 0 Å². The fourth-order valence-electron chi connectivity index (χ4n) is 1.84. The Hall–Kier alpha value is -1.08. The summed E-state index contributed by atoms with van der Waals surface area (Å²) >= 11 is 0. The van der Waals surface area contributed by atoms with Gasteiger partial charge in [0.15, 0.2) is 0 Å². The number of hydrogen-bond donors (Lipinski definition) is 1. The fraction of sp³-hybridized carbons (Fsp3) is 0.818. The summed E-state index contributed by atoms with van der Waals surface area (Å²) in [6.45, 7) is 4.35. The molecule has 1 rings (SSSR count). The first-order valence-corrected chi connectivity index (χ1v) is 5.47. The van der Waals surface area contributed by atoms with Crippen LogP contribution in [-0.2, 0) is 4.79 Å². The standard InChI is InChI=1S/C11H19N3O/c1-9(6-12)8-14(2)11(15)5-10-3-4-13-7-10/h9-10,13H,3-5,7-8H2,1-2H3. The molecular formula is C11H19N3O. The van der Waals surface area contributed by atoms with Gasteiger partial charge >= 0.3 is 0 Å². The van der Waals surface area contributed by atoms with Crippen LogP contribution in [0.15, 0.2) is 0 Å². The number of carbonyl (C=O) groups excluding carboxylic acids is 1. The minimum absolute atomic E-state index is 0.0827. The maximum Gasteiger partial charge on any atom is 0.222 e. The number of amides is 1. The maximum absolute atomic E-state index is 11.7. The molecule has 1 fully saturated rings. The summed E-state index contributed by atoms with van der Waals surface area (Å²) in [5.41, 5.74) is 0. The van der Waals surface area contributed by atoms with Gasteiger partial charge in [-0.3, -0.25) is 4.79 Å². The number of carbonyl (C=O) groups is 1. The molecule has 4 heteroatoms. The van der Waals surface area contributed by atoms with Crippen LogP contribution in [0.2, 0.25) is 0 Å². The Morgan fingerprint density at radius 1 is 1.73 bits per heavy atom. The molecule has 0 saturated carbocycles. The van der Waals surface area contributed by atoms with Gasteiger partial charge in [0.25, 0.3) is 0 Å². The Kier molecular flexibility index (Phi) is 4.57. The molecule has 0 spiro atoms. The summed E-state index contributed by atoms with van der Waals surface area (Å²) in [6, 6.07) is 2.14. The molecule has 1 aliphatic rings. The van der Waals surface area contributed by atoms with E-state index in [0.717, 1.165) is 19.5 Å². The van der Waals surface area contributed by atoms with Crippen molar-refractivity contribution in [3.05, 3.63) is 0 Å². The summed E-state index contributed by atoms with van der Waals surface area (Å²) in [5, 5.41) is 11.9. The highest BCUT2D eigenvalue weighted by Crippen LogP contribution is 2.13. The molecule has 2 unspecified atom stereocenters. The van der Waals surface area contributed by atoms with Crippen molar-refractivity contribution in [3.63, 3.8) is 0 Å². The van der Waals surface area contributed by atoms with E-state index in [1.165, 1.54) is 0 Å². The van der Waals surface area contributed by atoms with Gasteiger partial charge in [-0.1, -0.05) is 0 Å². The van der Waals surface area contributed by atoms with Gasteiger partial charge in [0.1, 0.15) is 0 Å². The van der Waals surface area contributed by atoms with E-state index in [4.69, 9.17) is 5.26 Å². The molecule has 1 N–H and O–H groups in total. The second-order valence-electron chi connectivity index (χ2n) is 4.37. The summed E-state index contributed by atoms with van der Waals surface area (Å²) in [5.74, 6) is 0.559. The minimum atomic E-state index is -0.0827. The topological polar surface area (TPSA) is 56.1 Å². The second-order valence-corrected chi connectivity index (χ2v) is 4.37. The lowest BCUT2D eigenvalue weighted by Crippen LogP contribution is -2.32. The van der Waals surface area contributed by atoms with Crippen LogP contribution >= 0.6 is 0 Å². The normalized spacial score (nSPS) is 22.1. The molecule has 4 nitrogen and oxygen atoms in total. The largest absolute Gasteiger partial charge is 0.344 e. The van der Waals surface area contributed by atoms with E-state index < -0.39 is 0 Å². The molecule has 84 valence electrons. The monoisotopic (exact) mass is 209 g/mol. The summed E-state index contributed by atoms with van der Waals surface area (Å²) in [7, 11) is 1.78. The van der Waals surface area contributed by atoms with E-state index in [0.29, 0.717) is 18.9 Å². The zero-order valence-corrected chi connectivity index (χ0v) is 9.49. The summed E-state index contributed by atoms with van der Waals surface area (Å²) in [4.78, 5) is 13.4. The number of nitrogens with one attached hydrogen (secondary N) is 1. The van der Waals surface area contributed by atoms with E-state index in [-0.39, 0.29) is 11.8 Å². The van der Waals surface area contributed by atoms with Crippen LogP contribution in [0, 0.1) is 23.2 Å². The first-order chi connectivity index (χ1) is 7.13. The maximum atomic E-state index is 11.7. The van der Waals surface area contributed by atoms with Crippen LogP contribution in [0.5, 0.6) is 0 Å². The first-order valence-electron chi connectivity index (χ1n) is 5.47. The predicted molar refractivity (Wildman–Crippen MR) is 58.0 cm³/mol. The Morgan fingerprint density at radius 2 is 2.47 bits per heavy atom. The molecule has 1 aliphatic heterocycles. The lowest BCUT2D eigenvalue weighted by Gasteiger charge is -2.19. The Morgan fingerprint density at radius 3 is 3.00 bits per heavy atom. The third-order valence-corrected chi connectivity index (χ3v) is 2.82. The van der Waals surface area contributed by atoms with Crippen LogP contribution in [0.3, 0.4) is 0 Å². The van der Waals surface area contributed by atoms with Crippen molar-refractivity contribution in [2.45, 2.75) is 19.8 Å². The Balaban J connectivity index is 2.29. The number of hydrogen-bond acceptors (Lipinski definition) is 3. The molecular weight excluding hydrogens is 190 g/mol. The number of nitriles is 1. The molecule has 0 aromatic heterocycles. The first kappa shape index (κ1) is 12.0. The average Bonchev–Trinajstić information content (AvgIpc) is 2.70. The van der Waals surface area contributed by atoms with Crippen LogP contribution in [0.4, 0.5) is 0 Å². The van der Waals surface area contributed by atoms with Crippen molar-refractivity contribution >= 4 is 5.91 Å². The van der Waals surface area contributed by atoms with Gasteiger partial charge in [-0.05, 0) is 32.4 Å². The Bertz CT molecular complexity index is 253. The van der Waals surface area contributed by atoms with Crippen LogP contribution < -0.4 is 5.32 Å². The van der Waals surface area contributed by atoms with Crippen molar-refractivity contribution in [3.8, 4) is 6.07 Å². The third-order valence-electron chi connectivity index (χ3n) is 2.82. The highest BCUT2D eigenvalue weighted by atomic mass is 16.2. The average molecular weight is 209 g/mol. The lowest BCUT2D eigenvalue weighted by atomic mass is 10.0. The van der Waals surface area contributed by atoms with E-state index >= 15 is 0 Å². The molecule has 2 atom stereocenters. The van der Waals surface area contributed by atoms with Crippen LogP contribution in [-0.4, -0.2) is 37.5 Å². The van der Waals surface area contributed by atoms with E-state index in [1.807, 2.05) is 6.92 Å². The molecule has 0 radical (unpaired) electrons. The second kappa shape index (κ2) is 5.72. The number of nitrogens with zero attached hydrogens (tertiary/aromatic N) is 2. The van der Waals surface area contributed by atoms with Gasteiger partial charge in [-0.2, -0.15) is 5.26 Å². The van der Waals surface area contributed by atoms with Gasteiger partial charge in [0.05, 0.1) is 12.0 Å². The Labute approximate surface area is 91.2 Å². The summed E-state index contributed by atoms with van der Waals surface area (Å²) in [6.07, 6.45) is 1.70. The van der Waals surface area contributed by atoms with Crippen molar-refractivity contribution in [1.29, 1.82) is 5.26 Å². The number of rotatable bonds is 4. The molecule has 0 aromatic carbocycles.